The first kappa shape index (κ1) is 35.3. The number of nitrogens with one attached hydrogen (secondary N) is 1. The summed E-state index contributed by atoms with van der Waals surface area (Å²) in [7, 11) is 0. The molecule has 14 heteroatoms. The first-order valence-electron chi connectivity index (χ1n) is 16.8. The summed E-state index contributed by atoms with van der Waals surface area (Å²) >= 11 is 0. The highest BCUT2D eigenvalue weighted by Crippen LogP contribution is 2.47. The summed E-state index contributed by atoms with van der Waals surface area (Å²) in [5, 5.41) is 12.4. The molecular formula is C38H33F6N3O5. The Morgan fingerprint density at radius 2 is 1.73 bits per heavy atom. The van der Waals surface area contributed by atoms with Crippen LogP contribution in [-0.4, -0.2) is 52.3 Å². The Labute approximate surface area is 293 Å². The molecule has 2 aliphatic heterocycles. The van der Waals surface area contributed by atoms with Gasteiger partial charge in [-0.05, 0) is 90.8 Å². The van der Waals surface area contributed by atoms with Crippen LogP contribution in [0.4, 0.5) is 26.3 Å². The van der Waals surface area contributed by atoms with Crippen molar-refractivity contribution < 1.29 is 45.8 Å². The van der Waals surface area contributed by atoms with E-state index in [4.69, 9.17) is 4.74 Å². The molecule has 2 fully saturated rings. The number of aliphatic carboxylic acids is 1. The Kier molecular flexibility index (Phi) is 9.14. The van der Waals surface area contributed by atoms with Crippen LogP contribution >= 0.6 is 0 Å². The number of aryl methyl sites for hydroxylation is 1. The van der Waals surface area contributed by atoms with Crippen LogP contribution in [0.15, 0.2) is 65.6 Å². The minimum absolute atomic E-state index is 0.00864. The van der Waals surface area contributed by atoms with Crippen LogP contribution in [0.2, 0.25) is 0 Å². The molecule has 1 aliphatic carbocycles. The molecular weight excluding hydrogens is 692 g/mol. The SMILES string of the molecule is Cc1cccc2c1-c1cc(C3CC3)c(F)c(c1)C(CC(=O)O)NC(=O)C(n1cc(CCN3CC(F)C3)c(C(F)(F)F)cc1=O)c1cc(ccc1F)O2. The molecule has 3 aliphatic rings. The molecule has 2 atom stereocenters. The summed E-state index contributed by atoms with van der Waals surface area (Å²) in [6, 6.07) is 8.41. The molecule has 1 saturated carbocycles. The highest BCUT2D eigenvalue weighted by atomic mass is 19.4. The third-order valence-electron chi connectivity index (χ3n) is 9.83. The van der Waals surface area contributed by atoms with Crippen molar-refractivity contribution >= 4 is 11.9 Å². The van der Waals surface area contributed by atoms with Gasteiger partial charge in [-0.15, -0.1) is 0 Å². The van der Waals surface area contributed by atoms with Gasteiger partial charge in [0, 0.05) is 48.6 Å². The van der Waals surface area contributed by atoms with Gasteiger partial charge in [-0.1, -0.05) is 12.1 Å². The molecule has 4 aromatic rings. The smallest absolute Gasteiger partial charge is 0.416 e. The lowest BCUT2D eigenvalue weighted by molar-refractivity contribution is -0.139. The second-order valence-corrected chi connectivity index (χ2v) is 13.6. The van der Waals surface area contributed by atoms with E-state index in [9.17, 15) is 37.1 Å². The number of pyridine rings is 1. The van der Waals surface area contributed by atoms with Crippen LogP contribution in [-0.2, 0) is 22.2 Å². The Morgan fingerprint density at radius 3 is 2.40 bits per heavy atom. The highest BCUT2D eigenvalue weighted by molar-refractivity contribution is 5.85. The van der Waals surface area contributed by atoms with Gasteiger partial charge >= 0.3 is 12.1 Å². The topological polar surface area (TPSA) is 101 Å². The van der Waals surface area contributed by atoms with Gasteiger partial charge < -0.3 is 15.2 Å². The maximum atomic E-state index is 16.4. The first-order valence-corrected chi connectivity index (χ1v) is 16.8. The zero-order valence-electron chi connectivity index (χ0n) is 27.8. The number of hydrogen-bond acceptors (Lipinski definition) is 5. The maximum absolute atomic E-state index is 16.4. The molecule has 2 unspecified atom stereocenters. The van der Waals surface area contributed by atoms with Crippen molar-refractivity contribution in [3.8, 4) is 22.6 Å². The number of aromatic nitrogens is 1. The Hall–Kier alpha value is -5.11. The van der Waals surface area contributed by atoms with Gasteiger partial charge in [0.1, 0.15) is 35.3 Å². The van der Waals surface area contributed by atoms with E-state index in [1.807, 2.05) is 0 Å². The fourth-order valence-corrected chi connectivity index (χ4v) is 7.08. The number of nitrogens with zero attached hydrogens (tertiary/aromatic N) is 2. The molecule has 2 N–H and O–H groups in total. The van der Waals surface area contributed by atoms with Gasteiger partial charge in [0.2, 0.25) is 5.91 Å². The van der Waals surface area contributed by atoms with E-state index in [2.05, 4.69) is 5.32 Å². The average molecular weight is 726 g/mol. The maximum Gasteiger partial charge on any atom is 0.416 e. The summed E-state index contributed by atoms with van der Waals surface area (Å²) in [5.41, 5.74) is -1.57. The molecule has 4 bridgehead atoms. The number of alkyl halides is 4. The number of hydrogen-bond donors (Lipinski definition) is 2. The van der Waals surface area contributed by atoms with Crippen LogP contribution in [0.5, 0.6) is 11.5 Å². The summed E-state index contributed by atoms with van der Waals surface area (Å²) < 4.78 is 95.4. The number of amides is 1. The summed E-state index contributed by atoms with van der Waals surface area (Å²) in [6.07, 6.45) is -5.00. The van der Waals surface area contributed by atoms with Gasteiger partial charge in [0.25, 0.3) is 5.56 Å². The molecule has 3 heterocycles. The van der Waals surface area contributed by atoms with Gasteiger partial charge in [0.05, 0.1) is 18.0 Å². The van der Waals surface area contributed by atoms with Crippen molar-refractivity contribution in [1.82, 2.24) is 14.8 Å². The van der Waals surface area contributed by atoms with Crippen molar-refractivity contribution in [1.29, 1.82) is 0 Å². The molecule has 1 amide bonds. The van der Waals surface area contributed by atoms with Gasteiger partial charge in [-0.3, -0.25) is 23.9 Å². The average Bonchev–Trinajstić information content (AvgIpc) is 3.90. The second-order valence-electron chi connectivity index (χ2n) is 13.6. The first-order chi connectivity index (χ1) is 24.7. The van der Waals surface area contributed by atoms with Crippen molar-refractivity contribution in [2.45, 2.75) is 63.0 Å². The number of fused-ring (bicyclic) bond motifs is 6. The number of halogens is 6. The molecule has 3 aromatic carbocycles. The molecule has 1 saturated heterocycles. The normalized spacial score (nSPS) is 19.3. The molecule has 0 spiro atoms. The summed E-state index contributed by atoms with van der Waals surface area (Å²) in [4.78, 5) is 41.8. The highest BCUT2D eigenvalue weighted by Gasteiger charge is 2.38. The molecule has 272 valence electrons. The molecule has 0 radical (unpaired) electrons. The zero-order valence-corrected chi connectivity index (χ0v) is 27.8. The standard InChI is InChI=1S/C38H33F6N3O5/c1-19-3-2-4-31-34(19)22-11-25(20-5-6-20)35(41)27(12-22)30(15-33(49)50)45-37(51)36(26-13-24(52-31)7-8-29(26)40)47-16-21(9-10-46-17-23(39)18-46)28(14-32(47)48)38(42,43)44/h2-4,7-8,11-14,16,20,23,30,36H,5-6,9-10,15,17-18H2,1H3,(H,45,51)(H,49,50). The van der Waals surface area contributed by atoms with Crippen LogP contribution in [0.25, 0.3) is 11.1 Å². The van der Waals surface area contributed by atoms with Gasteiger partial charge in [-0.2, -0.15) is 13.2 Å². The third-order valence-corrected chi connectivity index (χ3v) is 9.83. The largest absolute Gasteiger partial charge is 0.481 e. The van der Waals surface area contributed by atoms with E-state index in [0.29, 0.717) is 40.2 Å². The fraction of sp³-hybridized carbons (Fsp3) is 0.342. The number of carboxylic acid groups (broad SMARTS) is 1. The zero-order chi connectivity index (χ0) is 37.1. The fourth-order valence-electron chi connectivity index (χ4n) is 7.08. The minimum atomic E-state index is -4.98. The lowest BCUT2D eigenvalue weighted by atomic mass is 9.90. The number of carbonyl (C=O) groups excluding carboxylic acids is 1. The van der Waals surface area contributed by atoms with Crippen molar-refractivity contribution in [3.05, 3.63) is 116 Å². The number of rotatable bonds is 7. The van der Waals surface area contributed by atoms with Crippen molar-refractivity contribution in [3.63, 3.8) is 0 Å². The van der Waals surface area contributed by atoms with E-state index in [1.165, 1.54) is 12.1 Å². The molecule has 7 rings (SSSR count). The number of carbonyl (C=O) groups is 2. The summed E-state index contributed by atoms with van der Waals surface area (Å²) in [5.74, 6) is -4.20. The van der Waals surface area contributed by atoms with Crippen LogP contribution in [0.1, 0.15) is 70.6 Å². The van der Waals surface area contributed by atoms with E-state index < -0.39 is 76.6 Å². The van der Waals surface area contributed by atoms with Crippen molar-refractivity contribution in [2.24, 2.45) is 0 Å². The predicted molar refractivity (Wildman–Crippen MR) is 177 cm³/mol. The molecule has 52 heavy (non-hydrogen) atoms. The van der Waals surface area contributed by atoms with E-state index in [1.54, 1.807) is 36.1 Å². The Morgan fingerprint density at radius 1 is 1.00 bits per heavy atom. The van der Waals surface area contributed by atoms with Crippen LogP contribution in [0.3, 0.4) is 0 Å². The number of benzene rings is 3. The van der Waals surface area contributed by atoms with Gasteiger partial charge in [-0.25, -0.2) is 13.2 Å². The predicted octanol–water partition coefficient (Wildman–Crippen LogP) is 7.22. The monoisotopic (exact) mass is 725 g/mol. The second kappa shape index (κ2) is 13.5. The Balaban J connectivity index is 1.44. The summed E-state index contributed by atoms with van der Waals surface area (Å²) in [6.45, 7) is 1.86. The van der Waals surface area contributed by atoms with Crippen LogP contribution < -0.4 is 15.6 Å². The van der Waals surface area contributed by atoms with E-state index >= 15 is 8.78 Å². The minimum Gasteiger partial charge on any atom is -0.481 e. The quantitative estimate of drug-likeness (QED) is 0.195. The Bertz CT molecular complexity index is 2140. The van der Waals surface area contributed by atoms with Crippen molar-refractivity contribution in [2.75, 3.05) is 19.6 Å². The number of likely N-dealkylation sites (tertiary alicyclic amines) is 1. The number of ether oxygens (including phenoxy) is 1. The lowest BCUT2D eigenvalue weighted by Gasteiger charge is -2.34. The third kappa shape index (κ3) is 6.91. The molecule has 1 aromatic heterocycles. The van der Waals surface area contributed by atoms with Crippen LogP contribution in [0, 0.1) is 18.6 Å². The van der Waals surface area contributed by atoms with E-state index in [0.717, 1.165) is 23.9 Å². The van der Waals surface area contributed by atoms with E-state index in [-0.39, 0.29) is 49.0 Å². The lowest BCUT2D eigenvalue weighted by Crippen LogP contribution is -2.49. The molecule has 8 nitrogen and oxygen atoms in total. The van der Waals surface area contributed by atoms with Gasteiger partial charge in [0.15, 0.2) is 0 Å². The number of carboxylic acids is 1.